The molecule has 0 aliphatic carbocycles. The van der Waals surface area contributed by atoms with Crippen molar-refractivity contribution in [1.29, 1.82) is 0 Å². The van der Waals surface area contributed by atoms with Crippen LogP contribution in [0.1, 0.15) is 22.3 Å². The van der Waals surface area contributed by atoms with Gasteiger partial charge in [0, 0.05) is 32.0 Å². The number of nitrogens with one attached hydrogen (secondary N) is 3. The van der Waals surface area contributed by atoms with Gasteiger partial charge in [-0.1, -0.05) is 48.0 Å². The second-order valence-corrected chi connectivity index (χ2v) is 9.87. The normalized spacial score (nSPS) is 16.6. The average molecular weight is 564 g/mol. The van der Waals surface area contributed by atoms with Crippen LogP contribution in [0.3, 0.4) is 0 Å². The molecule has 0 unspecified atom stereocenters. The number of benzene rings is 2. The molecule has 0 bridgehead atoms. The minimum absolute atomic E-state index is 0.103. The van der Waals surface area contributed by atoms with Gasteiger partial charge in [0.1, 0.15) is 12.4 Å². The van der Waals surface area contributed by atoms with Crippen molar-refractivity contribution in [2.45, 2.75) is 25.4 Å². The van der Waals surface area contributed by atoms with E-state index in [-0.39, 0.29) is 30.8 Å². The highest BCUT2D eigenvalue weighted by Crippen LogP contribution is 2.23. The fourth-order valence-electron chi connectivity index (χ4n) is 4.52. The maximum absolute atomic E-state index is 13.2. The Morgan fingerprint density at radius 1 is 0.975 bits per heavy atom. The van der Waals surface area contributed by atoms with E-state index in [1.807, 2.05) is 43.3 Å². The number of carbonyl (C=O) groups excluding carboxylic acids is 4. The smallest absolute Gasteiger partial charge is 0.314 e. The van der Waals surface area contributed by atoms with E-state index >= 15 is 0 Å². The summed E-state index contributed by atoms with van der Waals surface area (Å²) in [5.41, 5.74) is 3.60. The van der Waals surface area contributed by atoms with E-state index in [2.05, 4.69) is 20.9 Å². The van der Waals surface area contributed by atoms with Crippen molar-refractivity contribution in [3.63, 3.8) is 0 Å². The SMILES string of the molecule is COCC(=O)N1CC[C@H](NC(=O)C(=O)Nc2ccc(Cl)cn2)[C@H](NC(=O)c2ccc(-c3ccccc3C)cc2)C1. The third-order valence-corrected chi connectivity index (χ3v) is 6.87. The van der Waals surface area contributed by atoms with Gasteiger partial charge < -0.3 is 25.6 Å². The summed E-state index contributed by atoms with van der Waals surface area (Å²) in [5, 5.41) is 8.44. The Hall–Kier alpha value is -4.28. The van der Waals surface area contributed by atoms with E-state index in [4.69, 9.17) is 16.3 Å². The number of nitrogens with zero attached hydrogens (tertiary/aromatic N) is 2. The molecule has 2 aromatic carbocycles. The number of halogens is 1. The number of aryl methyl sites for hydroxylation is 1. The predicted octanol–water partition coefficient (Wildman–Crippen LogP) is 2.81. The molecule has 2 heterocycles. The number of likely N-dealkylation sites (tertiary alicyclic amines) is 1. The number of hydrogen-bond acceptors (Lipinski definition) is 6. The number of carbonyl (C=O) groups is 4. The summed E-state index contributed by atoms with van der Waals surface area (Å²) >= 11 is 5.81. The molecule has 0 spiro atoms. The van der Waals surface area contributed by atoms with Crippen molar-refractivity contribution < 1.29 is 23.9 Å². The third-order valence-electron chi connectivity index (χ3n) is 6.64. The summed E-state index contributed by atoms with van der Waals surface area (Å²) in [5.74, 6) is -2.23. The maximum Gasteiger partial charge on any atom is 0.314 e. The molecule has 40 heavy (non-hydrogen) atoms. The van der Waals surface area contributed by atoms with Crippen LogP contribution in [0.5, 0.6) is 0 Å². The van der Waals surface area contributed by atoms with Gasteiger partial charge in [0.15, 0.2) is 0 Å². The topological polar surface area (TPSA) is 130 Å². The van der Waals surface area contributed by atoms with Crippen molar-refractivity contribution in [2.75, 3.05) is 32.1 Å². The highest BCUT2D eigenvalue weighted by molar-refractivity contribution is 6.39. The summed E-state index contributed by atoms with van der Waals surface area (Å²) in [4.78, 5) is 56.4. The minimum Gasteiger partial charge on any atom is -0.375 e. The van der Waals surface area contributed by atoms with Gasteiger partial charge in [0.25, 0.3) is 5.91 Å². The van der Waals surface area contributed by atoms with Gasteiger partial charge in [-0.3, -0.25) is 19.2 Å². The molecule has 10 nitrogen and oxygen atoms in total. The molecule has 0 radical (unpaired) electrons. The average Bonchev–Trinajstić information content (AvgIpc) is 2.95. The van der Waals surface area contributed by atoms with E-state index in [1.54, 1.807) is 17.0 Å². The van der Waals surface area contributed by atoms with Gasteiger partial charge >= 0.3 is 11.8 Å². The number of ether oxygens (including phenoxy) is 1. The van der Waals surface area contributed by atoms with Crippen molar-refractivity contribution in [1.82, 2.24) is 20.5 Å². The maximum atomic E-state index is 13.2. The Kier molecular flexibility index (Phi) is 9.47. The molecule has 3 N–H and O–H groups in total. The number of anilines is 1. The van der Waals surface area contributed by atoms with E-state index in [1.165, 1.54) is 25.4 Å². The van der Waals surface area contributed by atoms with Crippen LogP contribution in [0.15, 0.2) is 66.9 Å². The van der Waals surface area contributed by atoms with Gasteiger partial charge in [0.05, 0.1) is 17.1 Å². The van der Waals surface area contributed by atoms with Gasteiger partial charge in [-0.05, 0) is 54.3 Å². The molecule has 4 rings (SSSR count). The van der Waals surface area contributed by atoms with Crippen LogP contribution in [0.4, 0.5) is 5.82 Å². The Morgan fingerprint density at radius 2 is 1.73 bits per heavy atom. The zero-order valence-electron chi connectivity index (χ0n) is 22.1. The molecule has 1 saturated heterocycles. The standard InChI is InChI=1S/C29H30ClN5O5/c1-18-5-3-4-6-22(18)19-7-9-20(10-8-19)27(37)33-24-16-35(26(36)17-40-2)14-13-23(24)32-28(38)29(39)34-25-12-11-21(30)15-31-25/h3-12,15,23-24H,13-14,16-17H2,1-2H3,(H,32,38)(H,33,37)(H,31,34,39)/t23-,24+/m0/s1. The first-order chi connectivity index (χ1) is 19.2. The second-order valence-electron chi connectivity index (χ2n) is 9.43. The lowest BCUT2D eigenvalue weighted by molar-refractivity contribution is -0.138. The summed E-state index contributed by atoms with van der Waals surface area (Å²) in [6, 6.07) is 16.9. The summed E-state index contributed by atoms with van der Waals surface area (Å²) in [7, 11) is 1.43. The second kappa shape index (κ2) is 13.2. The molecule has 3 aromatic rings. The number of methoxy groups -OCH3 is 1. The summed E-state index contributed by atoms with van der Waals surface area (Å²) in [6.07, 6.45) is 1.67. The van der Waals surface area contributed by atoms with E-state index < -0.39 is 23.9 Å². The van der Waals surface area contributed by atoms with Gasteiger partial charge in [-0.15, -0.1) is 0 Å². The fourth-order valence-corrected chi connectivity index (χ4v) is 4.63. The van der Waals surface area contributed by atoms with Crippen LogP contribution in [0, 0.1) is 6.92 Å². The lowest BCUT2D eigenvalue weighted by Crippen LogP contribution is -2.62. The molecule has 4 amide bonds. The van der Waals surface area contributed by atoms with Gasteiger partial charge in [-0.25, -0.2) is 4.98 Å². The van der Waals surface area contributed by atoms with Crippen molar-refractivity contribution in [3.05, 3.63) is 83.0 Å². The Bertz CT molecular complexity index is 1380. The van der Waals surface area contributed by atoms with Crippen LogP contribution < -0.4 is 16.0 Å². The van der Waals surface area contributed by atoms with Crippen molar-refractivity contribution in [2.24, 2.45) is 0 Å². The molecule has 0 saturated carbocycles. The van der Waals surface area contributed by atoms with E-state index in [9.17, 15) is 19.2 Å². The highest BCUT2D eigenvalue weighted by Gasteiger charge is 2.34. The largest absolute Gasteiger partial charge is 0.375 e. The Labute approximate surface area is 237 Å². The molecule has 1 aliphatic rings. The van der Waals surface area contributed by atoms with Crippen LogP contribution in [0.25, 0.3) is 11.1 Å². The lowest BCUT2D eigenvalue weighted by Gasteiger charge is -2.39. The van der Waals surface area contributed by atoms with Crippen LogP contribution in [0.2, 0.25) is 5.02 Å². The molecule has 2 atom stereocenters. The third kappa shape index (κ3) is 7.22. The molecule has 11 heteroatoms. The predicted molar refractivity (Wildman–Crippen MR) is 151 cm³/mol. The first kappa shape index (κ1) is 28.7. The summed E-state index contributed by atoms with van der Waals surface area (Å²) < 4.78 is 4.97. The van der Waals surface area contributed by atoms with Crippen LogP contribution in [-0.2, 0) is 19.1 Å². The number of piperidine rings is 1. The number of aromatic nitrogens is 1. The van der Waals surface area contributed by atoms with Crippen molar-refractivity contribution in [3.8, 4) is 11.1 Å². The number of hydrogen-bond donors (Lipinski definition) is 3. The molecule has 208 valence electrons. The summed E-state index contributed by atoms with van der Waals surface area (Å²) in [6.45, 7) is 2.39. The lowest BCUT2D eigenvalue weighted by atomic mass is 9.97. The van der Waals surface area contributed by atoms with E-state index in [0.717, 1.165) is 16.7 Å². The molecule has 1 aliphatic heterocycles. The molecule has 1 fully saturated rings. The first-order valence-electron chi connectivity index (χ1n) is 12.7. The first-order valence-corrected chi connectivity index (χ1v) is 13.1. The Balaban J connectivity index is 1.46. The minimum atomic E-state index is -0.912. The van der Waals surface area contributed by atoms with E-state index in [0.29, 0.717) is 23.6 Å². The van der Waals surface area contributed by atoms with Gasteiger partial charge in [-0.2, -0.15) is 0 Å². The van der Waals surface area contributed by atoms with Gasteiger partial charge in [0.2, 0.25) is 5.91 Å². The molecule has 1 aromatic heterocycles. The fraction of sp³-hybridized carbons (Fsp3) is 0.276. The zero-order valence-corrected chi connectivity index (χ0v) is 22.9. The molecular weight excluding hydrogens is 534 g/mol. The molecular formula is C29H30ClN5O5. The quantitative estimate of drug-likeness (QED) is 0.379. The Morgan fingerprint density at radius 3 is 2.40 bits per heavy atom. The number of pyridine rings is 1. The number of amides is 4. The highest BCUT2D eigenvalue weighted by atomic mass is 35.5. The van der Waals surface area contributed by atoms with Crippen LogP contribution >= 0.6 is 11.6 Å². The monoisotopic (exact) mass is 563 g/mol. The zero-order chi connectivity index (χ0) is 28.6. The van der Waals surface area contributed by atoms with Crippen LogP contribution in [-0.4, -0.2) is 72.4 Å². The number of rotatable bonds is 7. The van der Waals surface area contributed by atoms with Crippen molar-refractivity contribution >= 4 is 41.0 Å².